The summed E-state index contributed by atoms with van der Waals surface area (Å²) in [7, 11) is 1.35. The van der Waals surface area contributed by atoms with Gasteiger partial charge < -0.3 is 4.74 Å². The molecule has 1 aromatic rings. The normalized spacial score (nSPS) is 9.40. The maximum absolute atomic E-state index is 11.1. The number of hydrogen-bond donors (Lipinski definition) is 0. The average molecular weight is 268 g/mol. The Kier molecular flexibility index (Phi) is 4.32. The molecule has 0 fully saturated rings. The first-order valence-electron chi connectivity index (χ1n) is 4.36. The molecule has 78 valence electrons. The van der Waals surface area contributed by atoms with Gasteiger partial charge in [0.1, 0.15) is 0 Å². The topological polar surface area (TPSA) is 50.1 Å². The summed E-state index contributed by atoms with van der Waals surface area (Å²) < 4.78 is 4.59. The SMILES string of the molecule is COC(=O)Cc1cc(C#N)ccc1CBr. The molecule has 4 heteroatoms. The van der Waals surface area contributed by atoms with Crippen molar-refractivity contribution >= 4 is 21.9 Å². The van der Waals surface area contributed by atoms with E-state index in [1.54, 1.807) is 12.1 Å². The summed E-state index contributed by atoms with van der Waals surface area (Å²) in [6.07, 6.45) is 0.201. The molecule has 0 saturated carbocycles. The van der Waals surface area contributed by atoms with E-state index in [9.17, 15) is 4.79 Å². The lowest BCUT2D eigenvalue weighted by atomic mass is 10.0. The van der Waals surface area contributed by atoms with Crippen molar-refractivity contribution in [1.29, 1.82) is 5.26 Å². The molecule has 0 atom stereocenters. The fourth-order valence-corrected chi connectivity index (χ4v) is 1.77. The summed E-state index contributed by atoms with van der Waals surface area (Å²) in [5, 5.41) is 9.40. The van der Waals surface area contributed by atoms with Crippen LogP contribution in [0.5, 0.6) is 0 Å². The van der Waals surface area contributed by atoms with E-state index in [0.717, 1.165) is 11.1 Å². The van der Waals surface area contributed by atoms with Crippen LogP contribution >= 0.6 is 15.9 Å². The number of carbonyl (C=O) groups excluding carboxylic acids is 1. The number of alkyl halides is 1. The monoisotopic (exact) mass is 267 g/mol. The van der Waals surface area contributed by atoms with Crippen molar-refractivity contribution in [2.75, 3.05) is 7.11 Å². The van der Waals surface area contributed by atoms with Gasteiger partial charge in [0, 0.05) is 5.33 Å². The van der Waals surface area contributed by atoms with E-state index in [4.69, 9.17) is 5.26 Å². The first-order chi connectivity index (χ1) is 7.21. The predicted molar refractivity (Wildman–Crippen MR) is 59.5 cm³/mol. The second kappa shape index (κ2) is 5.52. The van der Waals surface area contributed by atoms with Gasteiger partial charge >= 0.3 is 5.97 Å². The van der Waals surface area contributed by atoms with Gasteiger partial charge in [0.2, 0.25) is 0 Å². The molecule has 3 nitrogen and oxygen atoms in total. The zero-order valence-electron chi connectivity index (χ0n) is 8.29. The fourth-order valence-electron chi connectivity index (χ4n) is 1.22. The van der Waals surface area contributed by atoms with Crippen molar-refractivity contribution in [3.63, 3.8) is 0 Å². The second-order valence-corrected chi connectivity index (χ2v) is 3.54. The van der Waals surface area contributed by atoms with Crippen LogP contribution in [0.1, 0.15) is 16.7 Å². The Balaban J connectivity index is 3.02. The number of hydrogen-bond acceptors (Lipinski definition) is 3. The van der Waals surface area contributed by atoms with Crippen molar-refractivity contribution in [3.05, 3.63) is 34.9 Å². The average Bonchev–Trinajstić information content (AvgIpc) is 2.28. The van der Waals surface area contributed by atoms with Crippen LogP contribution in [0.15, 0.2) is 18.2 Å². The third kappa shape index (κ3) is 3.07. The molecule has 0 aliphatic carbocycles. The van der Waals surface area contributed by atoms with Crippen molar-refractivity contribution < 1.29 is 9.53 Å². The summed E-state index contributed by atoms with van der Waals surface area (Å²) >= 11 is 3.33. The quantitative estimate of drug-likeness (QED) is 0.623. The summed E-state index contributed by atoms with van der Waals surface area (Å²) in [5.41, 5.74) is 2.38. The number of rotatable bonds is 3. The van der Waals surface area contributed by atoms with Gasteiger partial charge in [0.25, 0.3) is 0 Å². The highest BCUT2D eigenvalue weighted by Crippen LogP contribution is 2.16. The minimum atomic E-state index is -0.299. The maximum Gasteiger partial charge on any atom is 0.309 e. The van der Waals surface area contributed by atoms with E-state index in [1.165, 1.54) is 7.11 Å². The number of esters is 1. The van der Waals surface area contributed by atoms with Gasteiger partial charge in [-0.25, -0.2) is 0 Å². The highest BCUT2D eigenvalue weighted by atomic mass is 79.9. The molecule has 0 aliphatic rings. The Morgan fingerprint density at radius 2 is 2.27 bits per heavy atom. The van der Waals surface area contributed by atoms with Crippen LogP contribution in [-0.4, -0.2) is 13.1 Å². The number of carbonyl (C=O) groups is 1. The molecule has 0 aliphatic heterocycles. The maximum atomic E-state index is 11.1. The molecule has 0 bridgehead atoms. The summed E-state index contributed by atoms with van der Waals surface area (Å²) in [4.78, 5) is 11.1. The molecule has 0 aromatic heterocycles. The van der Waals surface area contributed by atoms with E-state index in [1.807, 2.05) is 12.1 Å². The van der Waals surface area contributed by atoms with Crippen molar-refractivity contribution in [2.45, 2.75) is 11.8 Å². The predicted octanol–water partition coefficient (Wildman–Crippen LogP) is 2.17. The number of nitrogens with zero attached hydrogens (tertiary/aromatic N) is 1. The molecule has 0 N–H and O–H groups in total. The minimum absolute atomic E-state index is 0.201. The molecule has 0 spiro atoms. The molecule has 0 saturated heterocycles. The number of benzene rings is 1. The zero-order chi connectivity index (χ0) is 11.3. The lowest BCUT2D eigenvalue weighted by Gasteiger charge is -2.06. The second-order valence-electron chi connectivity index (χ2n) is 2.98. The minimum Gasteiger partial charge on any atom is -0.469 e. The molecule has 1 rings (SSSR count). The van der Waals surface area contributed by atoms with Gasteiger partial charge in [-0.15, -0.1) is 0 Å². The lowest BCUT2D eigenvalue weighted by Crippen LogP contribution is -2.06. The smallest absolute Gasteiger partial charge is 0.309 e. The largest absolute Gasteiger partial charge is 0.469 e. The van der Waals surface area contributed by atoms with Crippen LogP contribution in [0.4, 0.5) is 0 Å². The van der Waals surface area contributed by atoms with Gasteiger partial charge in [0.05, 0.1) is 25.2 Å². The van der Waals surface area contributed by atoms with E-state index in [0.29, 0.717) is 10.9 Å². The van der Waals surface area contributed by atoms with Gasteiger partial charge in [-0.1, -0.05) is 22.0 Å². The van der Waals surface area contributed by atoms with E-state index in [2.05, 4.69) is 20.7 Å². The lowest BCUT2D eigenvalue weighted by molar-refractivity contribution is -0.139. The molecule has 15 heavy (non-hydrogen) atoms. The Morgan fingerprint density at radius 1 is 1.53 bits per heavy atom. The molecule has 1 aromatic carbocycles. The van der Waals surface area contributed by atoms with Crippen molar-refractivity contribution in [3.8, 4) is 6.07 Å². The van der Waals surface area contributed by atoms with E-state index >= 15 is 0 Å². The summed E-state index contributed by atoms with van der Waals surface area (Å²) in [5.74, 6) is -0.299. The van der Waals surface area contributed by atoms with Crippen molar-refractivity contribution in [1.82, 2.24) is 0 Å². The van der Waals surface area contributed by atoms with E-state index in [-0.39, 0.29) is 12.4 Å². The molecule has 0 amide bonds. The number of nitriles is 1. The third-order valence-corrected chi connectivity index (χ3v) is 2.65. The van der Waals surface area contributed by atoms with Crippen LogP contribution in [0.25, 0.3) is 0 Å². The molecule has 0 unspecified atom stereocenters. The van der Waals surface area contributed by atoms with Crippen LogP contribution in [0.2, 0.25) is 0 Å². The fraction of sp³-hybridized carbons (Fsp3) is 0.273. The third-order valence-electron chi connectivity index (χ3n) is 2.04. The van der Waals surface area contributed by atoms with Crippen LogP contribution in [0, 0.1) is 11.3 Å². The molecule has 0 heterocycles. The number of ether oxygens (including phenoxy) is 1. The summed E-state index contributed by atoms with van der Waals surface area (Å²) in [6, 6.07) is 7.33. The van der Waals surface area contributed by atoms with Gasteiger partial charge in [0.15, 0.2) is 0 Å². The van der Waals surface area contributed by atoms with Crippen LogP contribution in [-0.2, 0) is 21.3 Å². The Labute approximate surface area is 96.8 Å². The van der Waals surface area contributed by atoms with Crippen LogP contribution in [0.3, 0.4) is 0 Å². The highest BCUT2D eigenvalue weighted by molar-refractivity contribution is 9.08. The van der Waals surface area contributed by atoms with Gasteiger partial charge in [-0.3, -0.25) is 4.79 Å². The van der Waals surface area contributed by atoms with Gasteiger partial charge in [-0.05, 0) is 23.3 Å². The first-order valence-corrected chi connectivity index (χ1v) is 5.48. The highest BCUT2D eigenvalue weighted by Gasteiger charge is 2.08. The Bertz CT molecular complexity index is 410. The van der Waals surface area contributed by atoms with Gasteiger partial charge in [-0.2, -0.15) is 5.26 Å². The number of halogens is 1. The molecular formula is C11H10BrNO2. The Hall–Kier alpha value is -1.34. The Morgan fingerprint density at radius 3 is 2.80 bits per heavy atom. The van der Waals surface area contributed by atoms with Crippen LogP contribution < -0.4 is 0 Å². The summed E-state index contributed by atoms with van der Waals surface area (Å²) in [6.45, 7) is 0. The number of methoxy groups -OCH3 is 1. The molecule has 0 radical (unpaired) electrons. The van der Waals surface area contributed by atoms with Crippen molar-refractivity contribution in [2.24, 2.45) is 0 Å². The molecular weight excluding hydrogens is 258 g/mol. The van der Waals surface area contributed by atoms with E-state index < -0.39 is 0 Å². The first kappa shape index (κ1) is 11.7. The zero-order valence-corrected chi connectivity index (χ0v) is 9.87. The standard InChI is InChI=1S/C11H10BrNO2/c1-15-11(14)5-10-4-8(7-13)2-3-9(10)6-12/h2-4H,5-6H2,1H3.